The van der Waals surface area contributed by atoms with Crippen molar-refractivity contribution in [3.05, 3.63) is 35.0 Å². The van der Waals surface area contributed by atoms with Gasteiger partial charge in [0.05, 0.1) is 0 Å². The highest BCUT2D eigenvalue weighted by molar-refractivity contribution is 6.31. The minimum Gasteiger partial charge on any atom is -0.361 e. The van der Waals surface area contributed by atoms with E-state index in [2.05, 4.69) is 38.9 Å². The van der Waals surface area contributed by atoms with Gasteiger partial charge in [0.15, 0.2) is 0 Å². The van der Waals surface area contributed by atoms with Crippen LogP contribution in [-0.4, -0.2) is 4.98 Å². The van der Waals surface area contributed by atoms with Gasteiger partial charge in [-0.15, -0.1) is 0 Å². The van der Waals surface area contributed by atoms with E-state index in [-0.39, 0.29) is 5.41 Å². The third-order valence-corrected chi connectivity index (χ3v) is 3.68. The maximum absolute atomic E-state index is 6.05. The summed E-state index contributed by atoms with van der Waals surface area (Å²) in [5, 5.41) is 2.05. The smallest absolute Gasteiger partial charge is 0.0457 e. The predicted molar refractivity (Wildman–Crippen MR) is 71.2 cm³/mol. The second-order valence-corrected chi connectivity index (χ2v) is 5.96. The summed E-state index contributed by atoms with van der Waals surface area (Å²) in [5.74, 6) is 0.500. The van der Waals surface area contributed by atoms with Crippen molar-refractivity contribution in [2.75, 3.05) is 0 Å². The first kappa shape index (κ1) is 11.5. The average Bonchev–Trinajstić information content (AvgIpc) is 2.57. The Morgan fingerprint density at radius 3 is 2.56 bits per heavy atom. The highest BCUT2D eigenvalue weighted by atomic mass is 35.5. The van der Waals surface area contributed by atoms with E-state index < -0.39 is 0 Å². The molecule has 0 saturated heterocycles. The summed E-state index contributed by atoms with van der Waals surface area (Å²) in [5.41, 5.74) is 2.78. The van der Waals surface area contributed by atoms with Gasteiger partial charge in [-0.3, -0.25) is 0 Å². The SMILES string of the molecule is CC(c1c[nH]c2ccc(Cl)cc12)C(C)(C)C. The van der Waals surface area contributed by atoms with E-state index >= 15 is 0 Å². The first-order valence-corrected chi connectivity index (χ1v) is 6.04. The van der Waals surface area contributed by atoms with Crippen molar-refractivity contribution >= 4 is 22.5 Å². The maximum Gasteiger partial charge on any atom is 0.0457 e. The Labute approximate surface area is 102 Å². The normalized spacial score (nSPS) is 14.3. The number of halogens is 1. The number of hydrogen-bond donors (Lipinski definition) is 1. The molecule has 1 unspecified atom stereocenters. The lowest BCUT2D eigenvalue weighted by Gasteiger charge is -2.27. The summed E-state index contributed by atoms with van der Waals surface area (Å²) in [6.45, 7) is 9.06. The summed E-state index contributed by atoms with van der Waals surface area (Å²) >= 11 is 6.05. The molecule has 0 aliphatic rings. The standard InChI is InChI=1S/C14H18ClN/c1-9(14(2,3)4)12-8-16-13-6-5-10(15)7-11(12)13/h5-9,16H,1-4H3. The van der Waals surface area contributed by atoms with Gasteiger partial charge in [0.25, 0.3) is 0 Å². The highest BCUT2D eigenvalue weighted by Crippen LogP contribution is 2.38. The van der Waals surface area contributed by atoms with Gasteiger partial charge in [0.2, 0.25) is 0 Å². The van der Waals surface area contributed by atoms with Gasteiger partial charge in [0, 0.05) is 22.1 Å². The summed E-state index contributed by atoms with van der Waals surface area (Å²) < 4.78 is 0. The fraction of sp³-hybridized carbons (Fsp3) is 0.429. The lowest BCUT2D eigenvalue weighted by Crippen LogP contribution is -2.14. The molecule has 0 aliphatic heterocycles. The molecule has 2 aromatic rings. The van der Waals surface area contributed by atoms with Crippen LogP contribution in [-0.2, 0) is 0 Å². The van der Waals surface area contributed by atoms with Crippen molar-refractivity contribution in [1.29, 1.82) is 0 Å². The molecule has 0 radical (unpaired) electrons. The Balaban J connectivity index is 2.57. The zero-order valence-corrected chi connectivity index (χ0v) is 11.0. The van der Waals surface area contributed by atoms with Crippen LogP contribution in [0.5, 0.6) is 0 Å². The van der Waals surface area contributed by atoms with Gasteiger partial charge < -0.3 is 4.98 Å². The summed E-state index contributed by atoms with van der Waals surface area (Å²) in [6.07, 6.45) is 2.11. The maximum atomic E-state index is 6.05. The number of fused-ring (bicyclic) bond motifs is 1. The van der Waals surface area contributed by atoms with Crippen LogP contribution in [0.15, 0.2) is 24.4 Å². The Bertz CT molecular complexity index is 505. The topological polar surface area (TPSA) is 15.8 Å². The first-order chi connectivity index (χ1) is 7.39. The van der Waals surface area contributed by atoms with Crippen LogP contribution in [0.1, 0.15) is 39.2 Å². The quantitative estimate of drug-likeness (QED) is 0.718. The van der Waals surface area contributed by atoms with Crippen LogP contribution in [0, 0.1) is 5.41 Å². The monoisotopic (exact) mass is 235 g/mol. The summed E-state index contributed by atoms with van der Waals surface area (Å²) in [7, 11) is 0. The molecule has 16 heavy (non-hydrogen) atoms. The largest absolute Gasteiger partial charge is 0.361 e. The van der Waals surface area contributed by atoms with E-state index in [0.717, 1.165) is 10.5 Å². The van der Waals surface area contributed by atoms with E-state index in [0.29, 0.717) is 5.92 Å². The van der Waals surface area contributed by atoms with Crippen molar-refractivity contribution < 1.29 is 0 Å². The van der Waals surface area contributed by atoms with Gasteiger partial charge in [-0.05, 0) is 35.1 Å². The van der Waals surface area contributed by atoms with Crippen molar-refractivity contribution in [3.63, 3.8) is 0 Å². The molecule has 1 aromatic heterocycles. The van der Waals surface area contributed by atoms with Crippen LogP contribution < -0.4 is 0 Å². The number of aromatic nitrogens is 1. The zero-order valence-electron chi connectivity index (χ0n) is 10.3. The lowest BCUT2D eigenvalue weighted by molar-refractivity contribution is 0.341. The second kappa shape index (κ2) is 3.81. The third-order valence-electron chi connectivity index (χ3n) is 3.44. The molecule has 1 heterocycles. The molecule has 0 fully saturated rings. The molecule has 0 aliphatic carbocycles. The van der Waals surface area contributed by atoms with Gasteiger partial charge in [-0.1, -0.05) is 39.3 Å². The molecular formula is C14H18ClN. The summed E-state index contributed by atoms with van der Waals surface area (Å²) in [6, 6.07) is 6.01. The number of aromatic amines is 1. The molecule has 2 heteroatoms. The lowest BCUT2D eigenvalue weighted by atomic mass is 9.78. The predicted octanol–water partition coefficient (Wildman–Crippen LogP) is 4.97. The van der Waals surface area contributed by atoms with Gasteiger partial charge in [0.1, 0.15) is 0 Å². The van der Waals surface area contributed by atoms with Gasteiger partial charge >= 0.3 is 0 Å². The molecule has 86 valence electrons. The van der Waals surface area contributed by atoms with Gasteiger partial charge in [-0.25, -0.2) is 0 Å². The van der Waals surface area contributed by atoms with E-state index in [1.807, 2.05) is 18.2 Å². The Kier molecular flexibility index (Phi) is 2.75. The number of H-pyrrole nitrogens is 1. The average molecular weight is 236 g/mol. The van der Waals surface area contributed by atoms with Crippen molar-refractivity contribution in [3.8, 4) is 0 Å². The first-order valence-electron chi connectivity index (χ1n) is 5.66. The molecule has 0 saturated carbocycles. The molecule has 0 amide bonds. The van der Waals surface area contributed by atoms with Crippen LogP contribution in [0.4, 0.5) is 0 Å². The third kappa shape index (κ3) is 1.97. The fourth-order valence-electron chi connectivity index (χ4n) is 1.94. The highest BCUT2D eigenvalue weighted by Gasteiger charge is 2.23. The van der Waals surface area contributed by atoms with Crippen LogP contribution in [0.2, 0.25) is 5.02 Å². The zero-order chi connectivity index (χ0) is 11.9. The van der Waals surface area contributed by atoms with Crippen LogP contribution in [0.3, 0.4) is 0 Å². The molecule has 2 rings (SSSR count). The Morgan fingerprint density at radius 1 is 1.25 bits per heavy atom. The summed E-state index contributed by atoms with van der Waals surface area (Å²) in [4.78, 5) is 3.31. The number of benzene rings is 1. The number of nitrogens with one attached hydrogen (secondary N) is 1. The van der Waals surface area contributed by atoms with E-state index in [1.54, 1.807) is 0 Å². The van der Waals surface area contributed by atoms with Crippen molar-refractivity contribution in [2.45, 2.75) is 33.6 Å². The van der Waals surface area contributed by atoms with Crippen LogP contribution >= 0.6 is 11.6 Å². The van der Waals surface area contributed by atoms with Gasteiger partial charge in [-0.2, -0.15) is 0 Å². The minimum absolute atomic E-state index is 0.261. The minimum atomic E-state index is 0.261. The van der Waals surface area contributed by atoms with E-state index in [9.17, 15) is 0 Å². The molecule has 1 nitrogen and oxygen atoms in total. The molecule has 0 spiro atoms. The van der Waals surface area contributed by atoms with E-state index in [4.69, 9.17) is 11.6 Å². The van der Waals surface area contributed by atoms with Crippen LogP contribution in [0.25, 0.3) is 10.9 Å². The number of rotatable bonds is 1. The second-order valence-electron chi connectivity index (χ2n) is 5.52. The van der Waals surface area contributed by atoms with Crippen molar-refractivity contribution in [1.82, 2.24) is 4.98 Å². The molecule has 0 bridgehead atoms. The Morgan fingerprint density at radius 2 is 1.94 bits per heavy atom. The molecule has 1 N–H and O–H groups in total. The Hall–Kier alpha value is -0.950. The molecule has 1 atom stereocenters. The molecule has 1 aromatic carbocycles. The molecular weight excluding hydrogens is 218 g/mol. The number of hydrogen-bond acceptors (Lipinski definition) is 0. The van der Waals surface area contributed by atoms with Crippen molar-refractivity contribution in [2.24, 2.45) is 5.41 Å². The van der Waals surface area contributed by atoms with E-state index in [1.165, 1.54) is 10.9 Å². The fourth-order valence-corrected chi connectivity index (χ4v) is 2.11.